The molecule has 0 unspecified atom stereocenters. The summed E-state index contributed by atoms with van der Waals surface area (Å²) in [6.45, 7) is 2.01. The SMILES string of the molecule is COc1cccc(NC(=O)c2ccc(C)c(N(c3ccncc3)c3nccs3)c2)c1. The fourth-order valence-corrected chi connectivity index (χ4v) is 3.74. The molecule has 0 radical (unpaired) electrons. The van der Waals surface area contributed by atoms with E-state index in [1.165, 1.54) is 11.3 Å². The van der Waals surface area contributed by atoms with Crippen LogP contribution in [0.1, 0.15) is 15.9 Å². The fraction of sp³-hybridized carbons (Fsp3) is 0.0870. The van der Waals surface area contributed by atoms with E-state index in [0.717, 1.165) is 22.1 Å². The molecule has 2 aromatic heterocycles. The van der Waals surface area contributed by atoms with Gasteiger partial charge in [0.2, 0.25) is 0 Å². The Kier molecular flexibility index (Phi) is 5.72. The molecule has 1 amide bonds. The Morgan fingerprint density at radius 3 is 2.63 bits per heavy atom. The van der Waals surface area contributed by atoms with Crippen molar-refractivity contribution >= 4 is 39.4 Å². The minimum absolute atomic E-state index is 0.196. The number of aromatic nitrogens is 2. The van der Waals surface area contributed by atoms with Crippen LogP contribution in [-0.2, 0) is 0 Å². The quantitative estimate of drug-likeness (QED) is 0.445. The lowest BCUT2D eigenvalue weighted by Crippen LogP contribution is -2.15. The van der Waals surface area contributed by atoms with Gasteiger partial charge in [0.15, 0.2) is 5.13 Å². The number of nitrogens with one attached hydrogen (secondary N) is 1. The number of ether oxygens (including phenoxy) is 1. The van der Waals surface area contributed by atoms with E-state index in [2.05, 4.69) is 15.3 Å². The molecule has 4 aromatic rings. The van der Waals surface area contributed by atoms with Crippen LogP contribution in [0.3, 0.4) is 0 Å². The van der Waals surface area contributed by atoms with Crippen molar-refractivity contribution < 1.29 is 9.53 Å². The number of benzene rings is 2. The summed E-state index contributed by atoms with van der Waals surface area (Å²) in [5.74, 6) is 0.489. The maximum atomic E-state index is 12.9. The predicted octanol–water partition coefficient (Wildman–Crippen LogP) is 5.58. The third-order valence-corrected chi connectivity index (χ3v) is 5.33. The first-order chi connectivity index (χ1) is 14.7. The molecule has 0 bridgehead atoms. The predicted molar refractivity (Wildman–Crippen MR) is 120 cm³/mol. The van der Waals surface area contributed by atoms with Crippen molar-refractivity contribution in [3.05, 3.63) is 89.7 Å². The smallest absolute Gasteiger partial charge is 0.255 e. The molecule has 1 N–H and O–H groups in total. The van der Waals surface area contributed by atoms with Crippen molar-refractivity contribution in [1.29, 1.82) is 0 Å². The number of carbonyl (C=O) groups excluding carboxylic acids is 1. The van der Waals surface area contributed by atoms with Crippen LogP contribution in [0, 0.1) is 6.92 Å². The zero-order chi connectivity index (χ0) is 20.9. The Bertz CT molecular complexity index is 1150. The lowest BCUT2D eigenvalue weighted by Gasteiger charge is -2.24. The number of aryl methyl sites for hydroxylation is 1. The highest BCUT2D eigenvalue weighted by Crippen LogP contribution is 2.37. The second-order valence-corrected chi connectivity index (χ2v) is 7.42. The van der Waals surface area contributed by atoms with Crippen molar-refractivity contribution in [2.24, 2.45) is 0 Å². The van der Waals surface area contributed by atoms with Gasteiger partial charge in [-0.1, -0.05) is 12.1 Å². The molecule has 4 rings (SSSR count). The molecular formula is C23H20N4O2S. The number of nitrogens with zero attached hydrogens (tertiary/aromatic N) is 3. The van der Waals surface area contributed by atoms with Gasteiger partial charge in [0.25, 0.3) is 5.91 Å². The average molecular weight is 417 g/mol. The minimum Gasteiger partial charge on any atom is -0.497 e. The standard InChI is InChI=1S/C23H20N4O2S/c1-16-6-7-17(22(28)26-18-4-3-5-20(15-18)29-2)14-21(16)27(23-25-12-13-30-23)19-8-10-24-11-9-19/h3-15H,1-2H3,(H,26,28). The number of anilines is 4. The van der Waals surface area contributed by atoms with Crippen LogP contribution in [0.2, 0.25) is 0 Å². The minimum atomic E-state index is -0.196. The van der Waals surface area contributed by atoms with Gasteiger partial charge in [-0.15, -0.1) is 11.3 Å². The van der Waals surface area contributed by atoms with Gasteiger partial charge >= 0.3 is 0 Å². The van der Waals surface area contributed by atoms with Crippen LogP contribution in [-0.4, -0.2) is 23.0 Å². The monoisotopic (exact) mass is 416 g/mol. The number of carbonyl (C=O) groups is 1. The van der Waals surface area contributed by atoms with E-state index >= 15 is 0 Å². The van der Waals surface area contributed by atoms with Crippen LogP contribution in [0.5, 0.6) is 5.75 Å². The Balaban J connectivity index is 1.70. The van der Waals surface area contributed by atoms with Gasteiger partial charge in [0, 0.05) is 41.3 Å². The molecule has 6 nitrogen and oxygen atoms in total. The third-order valence-electron chi connectivity index (χ3n) is 4.57. The number of hydrogen-bond acceptors (Lipinski definition) is 6. The molecule has 0 aliphatic carbocycles. The first-order valence-electron chi connectivity index (χ1n) is 9.31. The maximum absolute atomic E-state index is 12.9. The fourth-order valence-electron chi connectivity index (χ4n) is 3.07. The van der Waals surface area contributed by atoms with E-state index in [9.17, 15) is 4.79 Å². The topological polar surface area (TPSA) is 67.3 Å². The number of methoxy groups -OCH3 is 1. The summed E-state index contributed by atoms with van der Waals surface area (Å²) in [7, 11) is 1.60. The van der Waals surface area contributed by atoms with E-state index in [1.54, 1.807) is 31.8 Å². The average Bonchev–Trinajstić information content (AvgIpc) is 3.30. The number of pyridine rings is 1. The third kappa shape index (κ3) is 4.16. The zero-order valence-electron chi connectivity index (χ0n) is 16.6. The Morgan fingerprint density at radius 1 is 1.07 bits per heavy atom. The lowest BCUT2D eigenvalue weighted by atomic mass is 10.1. The molecule has 0 spiro atoms. The summed E-state index contributed by atoms with van der Waals surface area (Å²) in [6.07, 6.45) is 5.25. The maximum Gasteiger partial charge on any atom is 0.255 e. The molecule has 7 heteroatoms. The Labute approximate surface area is 178 Å². The summed E-state index contributed by atoms with van der Waals surface area (Å²) in [5.41, 5.74) is 4.06. The number of rotatable bonds is 6. The van der Waals surface area contributed by atoms with E-state index in [4.69, 9.17) is 4.74 Å². The van der Waals surface area contributed by atoms with Crippen LogP contribution in [0.15, 0.2) is 78.6 Å². The summed E-state index contributed by atoms with van der Waals surface area (Å²) >= 11 is 1.53. The van der Waals surface area contributed by atoms with Gasteiger partial charge in [-0.2, -0.15) is 0 Å². The van der Waals surface area contributed by atoms with Gasteiger partial charge in [0.05, 0.1) is 18.5 Å². The molecular weight excluding hydrogens is 396 g/mol. The summed E-state index contributed by atoms with van der Waals surface area (Å²) in [6, 6.07) is 16.8. The van der Waals surface area contributed by atoms with Crippen molar-refractivity contribution in [3.63, 3.8) is 0 Å². The van der Waals surface area contributed by atoms with E-state index < -0.39 is 0 Å². The largest absolute Gasteiger partial charge is 0.497 e. The van der Waals surface area contributed by atoms with Gasteiger partial charge in [-0.3, -0.25) is 14.7 Å². The number of hydrogen-bond donors (Lipinski definition) is 1. The number of thiazole rings is 1. The van der Waals surface area contributed by atoms with Crippen molar-refractivity contribution in [2.75, 3.05) is 17.3 Å². The molecule has 2 heterocycles. The van der Waals surface area contributed by atoms with E-state index in [0.29, 0.717) is 17.0 Å². The first kappa shape index (κ1) is 19.6. The van der Waals surface area contributed by atoms with Gasteiger partial charge < -0.3 is 10.1 Å². The normalized spacial score (nSPS) is 10.5. The van der Waals surface area contributed by atoms with Crippen molar-refractivity contribution in [2.45, 2.75) is 6.92 Å². The van der Waals surface area contributed by atoms with Crippen LogP contribution in [0.4, 0.5) is 22.2 Å². The second-order valence-electron chi connectivity index (χ2n) is 6.54. The second kappa shape index (κ2) is 8.75. The molecule has 2 aromatic carbocycles. The van der Waals surface area contributed by atoms with Crippen molar-refractivity contribution in [3.8, 4) is 5.75 Å². The molecule has 0 saturated heterocycles. The molecule has 0 aliphatic rings. The summed E-state index contributed by atoms with van der Waals surface area (Å²) in [4.78, 5) is 23.6. The molecule has 0 saturated carbocycles. The zero-order valence-corrected chi connectivity index (χ0v) is 17.4. The van der Waals surface area contributed by atoms with Gasteiger partial charge in [0.1, 0.15) is 5.75 Å². The number of amides is 1. The van der Waals surface area contributed by atoms with Crippen LogP contribution < -0.4 is 15.0 Å². The molecule has 150 valence electrons. The van der Waals surface area contributed by atoms with Gasteiger partial charge in [-0.25, -0.2) is 4.98 Å². The molecule has 0 atom stereocenters. The van der Waals surface area contributed by atoms with E-state index in [-0.39, 0.29) is 5.91 Å². The highest BCUT2D eigenvalue weighted by molar-refractivity contribution is 7.13. The molecule has 0 fully saturated rings. The summed E-state index contributed by atoms with van der Waals surface area (Å²) in [5, 5.41) is 5.68. The Morgan fingerprint density at radius 2 is 1.90 bits per heavy atom. The summed E-state index contributed by atoms with van der Waals surface area (Å²) < 4.78 is 5.23. The highest BCUT2D eigenvalue weighted by atomic mass is 32.1. The Hall–Kier alpha value is -3.71. The van der Waals surface area contributed by atoms with E-state index in [1.807, 2.05) is 65.7 Å². The van der Waals surface area contributed by atoms with Gasteiger partial charge in [-0.05, 0) is 48.9 Å². The van der Waals surface area contributed by atoms with Crippen LogP contribution >= 0.6 is 11.3 Å². The first-order valence-corrected chi connectivity index (χ1v) is 10.2. The molecule has 30 heavy (non-hydrogen) atoms. The lowest BCUT2D eigenvalue weighted by molar-refractivity contribution is 0.102. The molecule has 0 aliphatic heterocycles. The van der Waals surface area contributed by atoms with Crippen molar-refractivity contribution in [1.82, 2.24) is 9.97 Å². The van der Waals surface area contributed by atoms with Crippen LogP contribution in [0.25, 0.3) is 0 Å². The highest BCUT2D eigenvalue weighted by Gasteiger charge is 2.18.